The van der Waals surface area contributed by atoms with Gasteiger partial charge in [0.2, 0.25) is 0 Å². The SMILES string of the molecule is CC(C)O.Nc1ccc(-c2cccs2)cc1NC(=O)c1ccc(COc2ccccc2)cc1. The van der Waals surface area contributed by atoms with Crippen LogP contribution in [0.1, 0.15) is 29.8 Å². The number of carbonyl (C=O) groups excluding carboxylic acids is 1. The van der Waals surface area contributed by atoms with Crippen LogP contribution >= 0.6 is 11.3 Å². The molecule has 1 heterocycles. The van der Waals surface area contributed by atoms with Crippen LogP contribution in [-0.4, -0.2) is 17.1 Å². The van der Waals surface area contributed by atoms with Gasteiger partial charge in [0.1, 0.15) is 12.4 Å². The predicted molar refractivity (Wildman–Crippen MR) is 137 cm³/mol. The highest BCUT2D eigenvalue weighted by Gasteiger charge is 2.10. The summed E-state index contributed by atoms with van der Waals surface area (Å²) in [4.78, 5) is 13.8. The number of aliphatic hydroxyl groups is 1. The van der Waals surface area contributed by atoms with Gasteiger partial charge in [0.15, 0.2) is 0 Å². The highest BCUT2D eigenvalue weighted by molar-refractivity contribution is 7.13. The standard InChI is InChI=1S/C24H20N2O2S.C3H8O/c25-21-13-12-19(23-7-4-14-29-23)15-22(21)26-24(27)18-10-8-17(9-11-18)16-28-20-5-2-1-3-6-20;1-3(2)4/h1-15H,16,25H2,(H,26,27);3-4H,1-2H3. The van der Waals surface area contributed by atoms with Crippen molar-refractivity contribution in [2.45, 2.75) is 26.6 Å². The smallest absolute Gasteiger partial charge is 0.255 e. The summed E-state index contributed by atoms with van der Waals surface area (Å²) < 4.78 is 5.74. The first-order valence-electron chi connectivity index (χ1n) is 10.6. The molecule has 5 nitrogen and oxygen atoms in total. The number of nitrogens with one attached hydrogen (secondary N) is 1. The van der Waals surface area contributed by atoms with Gasteiger partial charge in [0, 0.05) is 16.5 Å². The molecule has 33 heavy (non-hydrogen) atoms. The van der Waals surface area contributed by atoms with Crippen LogP contribution in [0.25, 0.3) is 10.4 Å². The first-order chi connectivity index (χ1) is 15.9. The summed E-state index contributed by atoms with van der Waals surface area (Å²) in [6.45, 7) is 3.89. The molecule has 0 unspecified atom stereocenters. The molecule has 0 spiro atoms. The number of nitrogens with two attached hydrogens (primary N) is 1. The van der Waals surface area contributed by atoms with Crippen molar-refractivity contribution in [1.29, 1.82) is 0 Å². The van der Waals surface area contributed by atoms with E-state index in [1.54, 1.807) is 37.3 Å². The van der Waals surface area contributed by atoms with Gasteiger partial charge in [0.25, 0.3) is 5.91 Å². The van der Waals surface area contributed by atoms with E-state index < -0.39 is 0 Å². The van der Waals surface area contributed by atoms with Crippen molar-refractivity contribution in [3.05, 3.63) is 101 Å². The molecule has 3 aromatic carbocycles. The van der Waals surface area contributed by atoms with Crippen LogP contribution in [0.5, 0.6) is 5.75 Å². The second kappa shape index (κ2) is 11.9. The summed E-state index contributed by atoms with van der Waals surface area (Å²) in [5.74, 6) is 0.617. The predicted octanol–water partition coefficient (Wildman–Crippen LogP) is 6.22. The Balaban J connectivity index is 0.000000709. The van der Waals surface area contributed by atoms with Gasteiger partial charge in [-0.15, -0.1) is 11.3 Å². The second-order valence-corrected chi connectivity index (χ2v) is 8.57. The molecular weight excluding hydrogens is 432 g/mol. The monoisotopic (exact) mass is 460 g/mol. The van der Waals surface area contributed by atoms with Gasteiger partial charge in [-0.3, -0.25) is 4.79 Å². The van der Waals surface area contributed by atoms with E-state index >= 15 is 0 Å². The van der Waals surface area contributed by atoms with Gasteiger partial charge < -0.3 is 20.9 Å². The fourth-order valence-electron chi connectivity index (χ4n) is 2.89. The normalized spacial score (nSPS) is 10.3. The van der Waals surface area contributed by atoms with E-state index in [-0.39, 0.29) is 12.0 Å². The molecule has 0 fully saturated rings. The number of benzene rings is 3. The minimum absolute atomic E-state index is 0.167. The highest BCUT2D eigenvalue weighted by Crippen LogP contribution is 2.30. The number of para-hydroxylation sites is 1. The third-order valence-electron chi connectivity index (χ3n) is 4.47. The van der Waals surface area contributed by atoms with Crippen LogP contribution in [0.3, 0.4) is 0 Å². The number of ether oxygens (including phenoxy) is 1. The minimum atomic E-state index is -0.199. The van der Waals surface area contributed by atoms with Gasteiger partial charge in [0.05, 0.1) is 11.4 Å². The molecule has 0 radical (unpaired) electrons. The van der Waals surface area contributed by atoms with Crippen LogP contribution in [0.4, 0.5) is 11.4 Å². The van der Waals surface area contributed by atoms with E-state index in [1.165, 1.54) is 0 Å². The van der Waals surface area contributed by atoms with Crippen molar-refractivity contribution in [3.8, 4) is 16.2 Å². The molecule has 6 heteroatoms. The average molecular weight is 461 g/mol. The third-order valence-corrected chi connectivity index (χ3v) is 5.39. The Bertz CT molecular complexity index is 1140. The lowest BCUT2D eigenvalue weighted by Crippen LogP contribution is -2.13. The average Bonchev–Trinajstić information content (AvgIpc) is 3.35. The zero-order valence-electron chi connectivity index (χ0n) is 18.7. The Labute approximate surface area is 198 Å². The number of carbonyl (C=O) groups is 1. The van der Waals surface area contributed by atoms with E-state index in [0.29, 0.717) is 23.5 Å². The maximum absolute atomic E-state index is 12.7. The molecule has 0 atom stereocenters. The fraction of sp³-hybridized carbons (Fsp3) is 0.148. The zero-order valence-corrected chi connectivity index (χ0v) is 19.5. The molecule has 1 amide bonds. The van der Waals surface area contributed by atoms with E-state index in [9.17, 15) is 4.79 Å². The molecule has 0 aliphatic rings. The molecule has 0 aliphatic heterocycles. The fourth-order valence-corrected chi connectivity index (χ4v) is 3.61. The molecular formula is C27H28N2O3S. The molecule has 0 saturated heterocycles. The van der Waals surface area contributed by atoms with Crippen LogP contribution in [-0.2, 0) is 6.61 Å². The van der Waals surface area contributed by atoms with E-state index in [1.807, 2.05) is 78.2 Å². The minimum Gasteiger partial charge on any atom is -0.489 e. The highest BCUT2D eigenvalue weighted by atomic mass is 32.1. The van der Waals surface area contributed by atoms with E-state index in [4.69, 9.17) is 15.6 Å². The van der Waals surface area contributed by atoms with Crippen molar-refractivity contribution in [3.63, 3.8) is 0 Å². The van der Waals surface area contributed by atoms with Gasteiger partial charge in [-0.05, 0) is 72.8 Å². The van der Waals surface area contributed by atoms with Gasteiger partial charge in [-0.2, -0.15) is 0 Å². The largest absolute Gasteiger partial charge is 0.489 e. The summed E-state index contributed by atoms with van der Waals surface area (Å²) in [5, 5.41) is 13.0. The first-order valence-corrected chi connectivity index (χ1v) is 11.5. The van der Waals surface area contributed by atoms with Crippen LogP contribution in [0.2, 0.25) is 0 Å². The number of thiophene rings is 1. The number of aliphatic hydroxyl groups excluding tert-OH is 1. The van der Waals surface area contributed by atoms with Crippen molar-refractivity contribution in [1.82, 2.24) is 0 Å². The topological polar surface area (TPSA) is 84.6 Å². The van der Waals surface area contributed by atoms with Gasteiger partial charge in [-0.1, -0.05) is 42.5 Å². The number of hydrogen-bond donors (Lipinski definition) is 3. The Kier molecular flexibility index (Phi) is 8.63. The molecule has 0 aliphatic carbocycles. The molecule has 1 aromatic heterocycles. The van der Waals surface area contributed by atoms with Crippen LogP contribution in [0.15, 0.2) is 90.3 Å². The lowest BCUT2D eigenvalue weighted by molar-refractivity contribution is 0.102. The maximum Gasteiger partial charge on any atom is 0.255 e. The second-order valence-electron chi connectivity index (χ2n) is 7.63. The van der Waals surface area contributed by atoms with Gasteiger partial charge >= 0.3 is 0 Å². The number of amides is 1. The Morgan fingerprint density at radius 2 is 1.70 bits per heavy atom. The summed E-state index contributed by atoms with van der Waals surface area (Å²) in [6, 6.07) is 26.7. The van der Waals surface area contributed by atoms with Crippen LogP contribution in [0, 0.1) is 0 Å². The molecule has 0 bridgehead atoms. The Hall–Kier alpha value is -3.61. The van der Waals surface area contributed by atoms with Crippen molar-refractivity contribution in [2.75, 3.05) is 11.1 Å². The molecule has 0 saturated carbocycles. The molecule has 170 valence electrons. The lowest BCUT2D eigenvalue weighted by atomic mass is 10.1. The summed E-state index contributed by atoms with van der Waals surface area (Å²) in [6.07, 6.45) is -0.167. The van der Waals surface area contributed by atoms with Gasteiger partial charge in [-0.25, -0.2) is 0 Å². The van der Waals surface area contributed by atoms with E-state index in [2.05, 4.69) is 5.32 Å². The molecule has 4 N–H and O–H groups in total. The quantitative estimate of drug-likeness (QED) is 0.298. The zero-order chi connectivity index (χ0) is 23.6. The summed E-state index contributed by atoms with van der Waals surface area (Å²) in [5.41, 5.74) is 9.78. The van der Waals surface area contributed by atoms with Crippen LogP contribution < -0.4 is 15.8 Å². The number of anilines is 2. The number of nitrogen functional groups attached to an aromatic ring is 1. The number of rotatable bonds is 6. The summed E-state index contributed by atoms with van der Waals surface area (Å²) in [7, 11) is 0. The Morgan fingerprint density at radius 1 is 1.00 bits per heavy atom. The Morgan fingerprint density at radius 3 is 2.33 bits per heavy atom. The van der Waals surface area contributed by atoms with Crippen molar-refractivity contribution < 1.29 is 14.6 Å². The van der Waals surface area contributed by atoms with E-state index in [0.717, 1.165) is 21.8 Å². The first kappa shape index (κ1) is 24.0. The molecule has 4 rings (SSSR count). The third kappa shape index (κ3) is 7.49. The van der Waals surface area contributed by atoms with Crippen molar-refractivity contribution in [2.24, 2.45) is 0 Å². The van der Waals surface area contributed by atoms with Crippen molar-refractivity contribution >= 4 is 28.6 Å². The maximum atomic E-state index is 12.7. The summed E-state index contributed by atoms with van der Waals surface area (Å²) >= 11 is 1.65. The lowest BCUT2D eigenvalue weighted by Gasteiger charge is -2.11. The number of hydrogen-bond acceptors (Lipinski definition) is 5. The molecule has 4 aromatic rings.